The smallest absolute Gasteiger partial charge is 0.214 e. The maximum Gasteiger partial charge on any atom is 0.214 e. The predicted molar refractivity (Wildman–Crippen MR) is 77.7 cm³/mol. The van der Waals surface area contributed by atoms with Crippen molar-refractivity contribution in [1.82, 2.24) is 25.1 Å². The molecule has 0 amide bonds. The number of tetrazole rings is 1. The van der Waals surface area contributed by atoms with Crippen molar-refractivity contribution >= 4 is 11.8 Å². The van der Waals surface area contributed by atoms with Crippen molar-refractivity contribution in [2.24, 2.45) is 0 Å². The fourth-order valence-corrected chi connectivity index (χ4v) is 2.70. The average Bonchev–Trinajstić information content (AvgIpc) is 2.93. The summed E-state index contributed by atoms with van der Waals surface area (Å²) in [4.78, 5) is 2.39. The molecule has 6 heteroatoms. The minimum absolute atomic E-state index is 0.846. The van der Waals surface area contributed by atoms with Gasteiger partial charge in [-0.15, -0.1) is 5.10 Å². The predicted octanol–water partition coefficient (Wildman–Crippen LogP) is 2.10. The highest BCUT2D eigenvalue weighted by molar-refractivity contribution is 7.99. The summed E-state index contributed by atoms with van der Waals surface area (Å²) < 4.78 is 1.78. The van der Waals surface area contributed by atoms with Gasteiger partial charge in [-0.25, -0.2) is 0 Å². The normalized spacial score (nSPS) is 11.1. The molecule has 0 atom stereocenters. The number of nitrogens with zero attached hydrogens (tertiary/aromatic N) is 5. The Morgan fingerprint density at radius 1 is 1.16 bits per heavy atom. The van der Waals surface area contributed by atoms with Gasteiger partial charge in [0.15, 0.2) is 0 Å². The van der Waals surface area contributed by atoms with Crippen LogP contribution in [0, 0.1) is 0 Å². The number of thioether (sulfide) groups is 1. The van der Waals surface area contributed by atoms with Gasteiger partial charge >= 0.3 is 0 Å². The molecular formula is C13H19N5S. The molecule has 0 unspecified atom stereocenters. The second kappa shape index (κ2) is 7.25. The molecule has 0 spiro atoms. The van der Waals surface area contributed by atoms with Crippen molar-refractivity contribution in [2.75, 3.05) is 25.4 Å². The average molecular weight is 277 g/mol. The number of hydrogen-bond donors (Lipinski definition) is 0. The van der Waals surface area contributed by atoms with Crippen LogP contribution in [0.1, 0.15) is 13.8 Å². The van der Waals surface area contributed by atoms with Crippen LogP contribution < -0.4 is 0 Å². The summed E-state index contributed by atoms with van der Waals surface area (Å²) >= 11 is 1.69. The number of para-hydroxylation sites is 1. The Morgan fingerprint density at radius 2 is 1.89 bits per heavy atom. The lowest BCUT2D eigenvalue weighted by Crippen LogP contribution is -2.25. The van der Waals surface area contributed by atoms with Gasteiger partial charge in [-0.05, 0) is 35.6 Å². The van der Waals surface area contributed by atoms with Crippen LogP contribution in [0.2, 0.25) is 0 Å². The first-order valence-corrected chi connectivity index (χ1v) is 7.52. The Bertz CT molecular complexity index is 481. The summed E-state index contributed by atoms with van der Waals surface area (Å²) in [6.45, 7) is 7.59. The van der Waals surface area contributed by atoms with E-state index in [1.165, 1.54) is 0 Å². The van der Waals surface area contributed by atoms with E-state index in [0.29, 0.717) is 0 Å². The van der Waals surface area contributed by atoms with E-state index in [1.54, 1.807) is 16.4 Å². The third-order valence-corrected chi connectivity index (χ3v) is 3.87. The maximum absolute atomic E-state index is 4.09. The Morgan fingerprint density at radius 3 is 2.58 bits per heavy atom. The zero-order valence-corrected chi connectivity index (χ0v) is 12.2. The van der Waals surface area contributed by atoms with Crippen LogP contribution in [0.4, 0.5) is 0 Å². The van der Waals surface area contributed by atoms with Gasteiger partial charge in [-0.2, -0.15) is 4.68 Å². The van der Waals surface area contributed by atoms with Crippen LogP contribution in [0.5, 0.6) is 0 Å². The Labute approximate surface area is 118 Å². The number of benzene rings is 1. The zero-order chi connectivity index (χ0) is 13.5. The van der Waals surface area contributed by atoms with Crippen molar-refractivity contribution in [3.8, 4) is 5.69 Å². The highest BCUT2D eigenvalue weighted by atomic mass is 32.2. The molecule has 0 aliphatic carbocycles. The second-order valence-electron chi connectivity index (χ2n) is 4.08. The van der Waals surface area contributed by atoms with Gasteiger partial charge in [0.2, 0.25) is 5.16 Å². The molecule has 0 radical (unpaired) electrons. The molecule has 19 heavy (non-hydrogen) atoms. The molecular weight excluding hydrogens is 258 g/mol. The van der Waals surface area contributed by atoms with E-state index < -0.39 is 0 Å². The van der Waals surface area contributed by atoms with Crippen LogP contribution in [0.3, 0.4) is 0 Å². The molecule has 0 saturated heterocycles. The zero-order valence-electron chi connectivity index (χ0n) is 11.4. The second-order valence-corrected chi connectivity index (χ2v) is 5.15. The molecule has 1 aromatic heterocycles. The van der Waals surface area contributed by atoms with Gasteiger partial charge in [0.05, 0.1) is 5.69 Å². The lowest BCUT2D eigenvalue weighted by molar-refractivity contribution is 0.324. The van der Waals surface area contributed by atoms with Crippen molar-refractivity contribution in [1.29, 1.82) is 0 Å². The highest BCUT2D eigenvalue weighted by Gasteiger charge is 2.09. The first-order chi connectivity index (χ1) is 9.35. The summed E-state index contributed by atoms with van der Waals surface area (Å²) in [5.41, 5.74) is 0.998. The van der Waals surface area contributed by atoms with Gasteiger partial charge in [0, 0.05) is 12.3 Å². The first kappa shape index (κ1) is 14.0. The SMILES string of the molecule is CCN(CC)CCSc1nnnn1-c1ccccc1. The van der Waals surface area contributed by atoms with Crippen molar-refractivity contribution in [2.45, 2.75) is 19.0 Å². The molecule has 0 aliphatic rings. The van der Waals surface area contributed by atoms with E-state index >= 15 is 0 Å². The van der Waals surface area contributed by atoms with Crippen molar-refractivity contribution in [3.63, 3.8) is 0 Å². The van der Waals surface area contributed by atoms with E-state index in [0.717, 1.165) is 36.2 Å². The minimum Gasteiger partial charge on any atom is -0.303 e. The topological polar surface area (TPSA) is 46.8 Å². The molecule has 5 nitrogen and oxygen atoms in total. The van der Waals surface area contributed by atoms with E-state index in [-0.39, 0.29) is 0 Å². The highest BCUT2D eigenvalue weighted by Crippen LogP contribution is 2.17. The largest absolute Gasteiger partial charge is 0.303 e. The summed E-state index contributed by atoms with van der Waals surface area (Å²) in [7, 11) is 0. The van der Waals surface area contributed by atoms with E-state index in [1.807, 2.05) is 30.3 Å². The van der Waals surface area contributed by atoms with Gasteiger partial charge in [-0.3, -0.25) is 0 Å². The summed E-state index contributed by atoms with van der Waals surface area (Å²) in [5, 5.41) is 12.7. The van der Waals surface area contributed by atoms with E-state index in [2.05, 4.69) is 34.3 Å². The fraction of sp³-hybridized carbons (Fsp3) is 0.462. The van der Waals surface area contributed by atoms with Crippen molar-refractivity contribution < 1.29 is 0 Å². The number of rotatable bonds is 7. The van der Waals surface area contributed by atoms with E-state index in [9.17, 15) is 0 Å². The minimum atomic E-state index is 0.846. The molecule has 0 N–H and O–H groups in total. The summed E-state index contributed by atoms with van der Waals surface area (Å²) in [6, 6.07) is 9.97. The lowest BCUT2D eigenvalue weighted by Gasteiger charge is -2.16. The van der Waals surface area contributed by atoms with Gasteiger partial charge in [0.1, 0.15) is 0 Å². The number of aromatic nitrogens is 4. The molecule has 1 aromatic carbocycles. The van der Waals surface area contributed by atoms with Gasteiger partial charge in [0.25, 0.3) is 0 Å². The summed E-state index contributed by atoms with van der Waals surface area (Å²) in [5.74, 6) is 0.995. The third kappa shape index (κ3) is 3.78. The molecule has 0 bridgehead atoms. The summed E-state index contributed by atoms with van der Waals surface area (Å²) in [6.07, 6.45) is 0. The Balaban J connectivity index is 1.97. The molecule has 2 rings (SSSR count). The van der Waals surface area contributed by atoms with Crippen LogP contribution in [0.15, 0.2) is 35.5 Å². The Hall–Kier alpha value is -1.40. The lowest BCUT2D eigenvalue weighted by atomic mass is 10.3. The van der Waals surface area contributed by atoms with Crippen LogP contribution in [-0.4, -0.2) is 50.5 Å². The third-order valence-electron chi connectivity index (χ3n) is 2.97. The Kier molecular flexibility index (Phi) is 5.35. The number of hydrogen-bond acceptors (Lipinski definition) is 5. The van der Waals surface area contributed by atoms with Crippen LogP contribution in [0.25, 0.3) is 5.69 Å². The molecule has 0 saturated carbocycles. The van der Waals surface area contributed by atoms with Gasteiger partial charge < -0.3 is 4.90 Å². The standard InChI is InChI=1S/C13H19N5S/c1-3-17(4-2)10-11-19-13-14-15-16-18(13)12-8-6-5-7-9-12/h5-9H,3-4,10-11H2,1-2H3. The van der Waals surface area contributed by atoms with Crippen molar-refractivity contribution in [3.05, 3.63) is 30.3 Å². The maximum atomic E-state index is 4.09. The molecule has 0 aliphatic heterocycles. The van der Waals surface area contributed by atoms with Crippen LogP contribution in [-0.2, 0) is 0 Å². The molecule has 2 aromatic rings. The van der Waals surface area contributed by atoms with Crippen LogP contribution >= 0.6 is 11.8 Å². The monoisotopic (exact) mass is 277 g/mol. The van der Waals surface area contributed by atoms with Gasteiger partial charge in [-0.1, -0.05) is 43.8 Å². The fourth-order valence-electron chi connectivity index (χ4n) is 1.81. The molecule has 1 heterocycles. The van der Waals surface area contributed by atoms with E-state index in [4.69, 9.17) is 0 Å². The quantitative estimate of drug-likeness (QED) is 0.725. The molecule has 102 valence electrons. The first-order valence-electron chi connectivity index (χ1n) is 6.54. The molecule has 0 fully saturated rings.